The maximum absolute atomic E-state index is 12.9. The van der Waals surface area contributed by atoms with Crippen molar-refractivity contribution < 1.29 is 9.53 Å². The maximum Gasteiger partial charge on any atom is 0.227 e. The molecule has 0 unspecified atom stereocenters. The average Bonchev–Trinajstić information content (AvgIpc) is 3.40. The molecule has 5 nitrogen and oxygen atoms in total. The highest BCUT2D eigenvalue weighted by atomic mass is 16.5. The highest BCUT2D eigenvalue weighted by Gasteiger charge is 2.34. The molecule has 5 heteroatoms. The molecule has 1 amide bonds. The molecule has 1 aromatic heterocycles. The van der Waals surface area contributed by atoms with Crippen LogP contribution in [0.3, 0.4) is 0 Å². The number of aromatic nitrogens is 2. The first kappa shape index (κ1) is 22.2. The van der Waals surface area contributed by atoms with E-state index in [1.54, 1.807) is 0 Å². The van der Waals surface area contributed by atoms with E-state index in [1.807, 2.05) is 35.2 Å². The van der Waals surface area contributed by atoms with Crippen molar-refractivity contribution in [2.75, 3.05) is 18.1 Å². The lowest BCUT2D eigenvalue weighted by Crippen LogP contribution is -2.24. The fraction of sp³-hybridized carbons (Fsp3) is 0.310. The van der Waals surface area contributed by atoms with Gasteiger partial charge >= 0.3 is 0 Å². The van der Waals surface area contributed by atoms with Gasteiger partial charge in [0, 0.05) is 31.1 Å². The van der Waals surface area contributed by atoms with Crippen LogP contribution in [0.5, 0.6) is 5.75 Å². The molecule has 34 heavy (non-hydrogen) atoms. The number of hydrogen-bond donors (Lipinski definition) is 0. The number of anilines is 1. The number of aryl methyl sites for hydroxylation is 3. The van der Waals surface area contributed by atoms with Crippen LogP contribution in [-0.4, -0.2) is 28.6 Å². The fourth-order valence-electron chi connectivity index (χ4n) is 4.76. The molecular formula is C29H31N3O2. The molecule has 0 aliphatic carbocycles. The lowest BCUT2D eigenvalue weighted by Gasteiger charge is -2.18. The molecule has 174 valence electrons. The molecule has 0 radical (unpaired) electrons. The van der Waals surface area contributed by atoms with Gasteiger partial charge in [0.2, 0.25) is 5.91 Å². The predicted octanol–water partition coefficient (Wildman–Crippen LogP) is 6.03. The second kappa shape index (κ2) is 9.72. The molecule has 0 N–H and O–H groups in total. The number of ether oxygens (including phenoxy) is 1. The van der Waals surface area contributed by atoms with Crippen molar-refractivity contribution in [2.24, 2.45) is 0 Å². The Morgan fingerprint density at radius 1 is 0.941 bits per heavy atom. The van der Waals surface area contributed by atoms with Crippen LogP contribution < -0.4 is 9.64 Å². The Kier molecular flexibility index (Phi) is 6.35. The fourth-order valence-corrected chi connectivity index (χ4v) is 4.76. The van der Waals surface area contributed by atoms with Crippen molar-refractivity contribution >= 4 is 22.6 Å². The normalized spacial score (nSPS) is 15.9. The summed E-state index contributed by atoms with van der Waals surface area (Å²) in [6, 6.07) is 24.6. The van der Waals surface area contributed by atoms with Crippen LogP contribution in [-0.2, 0) is 11.3 Å². The number of nitrogens with zero attached hydrogens (tertiary/aromatic N) is 3. The number of unbranched alkanes of at least 4 members (excludes halogenated alkanes) is 1. The number of hydrogen-bond acceptors (Lipinski definition) is 3. The zero-order chi connectivity index (χ0) is 23.5. The molecule has 1 atom stereocenters. The molecule has 3 aromatic carbocycles. The van der Waals surface area contributed by atoms with E-state index in [2.05, 4.69) is 60.9 Å². The summed E-state index contributed by atoms with van der Waals surface area (Å²) >= 11 is 0. The van der Waals surface area contributed by atoms with Crippen molar-refractivity contribution in [3.05, 3.63) is 89.7 Å². The summed E-state index contributed by atoms with van der Waals surface area (Å²) in [6.45, 7) is 6.36. The topological polar surface area (TPSA) is 47.4 Å². The third-order valence-corrected chi connectivity index (χ3v) is 6.55. The third-order valence-electron chi connectivity index (χ3n) is 6.55. The molecule has 0 bridgehead atoms. The van der Waals surface area contributed by atoms with E-state index in [0.717, 1.165) is 47.7 Å². The van der Waals surface area contributed by atoms with Gasteiger partial charge in [-0.15, -0.1) is 0 Å². The maximum atomic E-state index is 12.9. The number of carbonyl (C=O) groups excluding carboxylic acids is 1. The molecule has 5 rings (SSSR count). The van der Waals surface area contributed by atoms with Gasteiger partial charge in [-0.3, -0.25) is 4.79 Å². The number of carbonyl (C=O) groups is 1. The minimum Gasteiger partial charge on any atom is -0.494 e. The Balaban J connectivity index is 1.29. The number of fused-ring (bicyclic) bond motifs is 1. The van der Waals surface area contributed by atoms with Crippen LogP contribution in [0.1, 0.15) is 42.1 Å². The van der Waals surface area contributed by atoms with E-state index >= 15 is 0 Å². The predicted molar refractivity (Wildman–Crippen MR) is 137 cm³/mol. The Labute approximate surface area is 201 Å². The van der Waals surface area contributed by atoms with Gasteiger partial charge in [0.05, 0.1) is 17.6 Å². The number of benzene rings is 3. The van der Waals surface area contributed by atoms with E-state index in [9.17, 15) is 4.79 Å². The first-order valence-corrected chi connectivity index (χ1v) is 12.1. The molecule has 4 aromatic rings. The standard InChI is InChI=1S/C29H31N3O2/c1-21-12-14-24(15-13-21)32-20-23(19-28(32)33)29-30-26-10-3-4-11-27(26)31(29)16-5-6-17-34-25-9-7-8-22(2)18-25/h3-4,7-15,18,23H,5-6,16-17,19-20H2,1-2H3/t23-/m1/s1. The third kappa shape index (κ3) is 4.69. The van der Waals surface area contributed by atoms with Crippen LogP contribution >= 0.6 is 0 Å². The molecule has 1 fully saturated rings. The SMILES string of the molecule is Cc1ccc(N2C[C@H](c3nc4ccccc4n3CCCCOc3cccc(C)c3)CC2=O)cc1. The summed E-state index contributed by atoms with van der Waals surface area (Å²) in [5.74, 6) is 2.20. The van der Waals surface area contributed by atoms with Crippen LogP contribution in [0, 0.1) is 13.8 Å². The number of para-hydroxylation sites is 2. The van der Waals surface area contributed by atoms with Crippen LogP contribution in [0.15, 0.2) is 72.8 Å². The van der Waals surface area contributed by atoms with Gasteiger partial charge in [-0.2, -0.15) is 0 Å². The summed E-state index contributed by atoms with van der Waals surface area (Å²) in [4.78, 5) is 19.8. The lowest BCUT2D eigenvalue weighted by molar-refractivity contribution is -0.117. The van der Waals surface area contributed by atoms with E-state index in [4.69, 9.17) is 9.72 Å². The van der Waals surface area contributed by atoms with Gasteiger partial charge in [0.15, 0.2) is 0 Å². The summed E-state index contributed by atoms with van der Waals surface area (Å²) in [5.41, 5.74) is 5.50. The summed E-state index contributed by atoms with van der Waals surface area (Å²) < 4.78 is 8.25. The Bertz CT molecular complexity index is 1290. The lowest BCUT2D eigenvalue weighted by atomic mass is 10.1. The van der Waals surface area contributed by atoms with Gasteiger partial charge in [0.1, 0.15) is 11.6 Å². The van der Waals surface area contributed by atoms with Crippen molar-refractivity contribution in [2.45, 2.75) is 45.6 Å². The Morgan fingerprint density at radius 3 is 2.59 bits per heavy atom. The molecule has 0 spiro atoms. The largest absolute Gasteiger partial charge is 0.494 e. The molecule has 2 heterocycles. The summed E-state index contributed by atoms with van der Waals surface area (Å²) in [7, 11) is 0. The number of amides is 1. The van der Waals surface area contributed by atoms with Gasteiger partial charge < -0.3 is 14.2 Å². The monoisotopic (exact) mass is 453 g/mol. The van der Waals surface area contributed by atoms with Gasteiger partial charge in [-0.25, -0.2) is 4.98 Å². The first-order chi connectivity index (χ1) is 16.6. The first-order valence-electron chi connectivity index (χ1n) is 12.1. The number of imidazole rings is 1. The second-order valence-electron chi connectivity index (χ2n) is 9.22. The van der Waals surface area contributed by atoms with Crippen molar-refractivity contribution in [1.82, 2.24) is 9.55 Å². The van der Waals surface area contributed by atoms with Crippen LogP contribution in [0.25, 0.3) is 11.0 Å². The van der Waals surface area contributed by atoms with Crippen molar-refractivity contribution in [1.29, 1.82) is 0 Å². The van der Waals surface area contributed by atoms with Crippen molar-refractivity contribution in [3.8, 4) is 5.75 Å². The van der Waals surface area contributed by atoms with Crippen molar-refractivity contribution in [3.63, 3.8) is 0 Å². The quantitative estimate of drug-likeness (QED) is 0.306. The van der Waals surface area contributed by atoms with Gasteiger partial charge in [0.25, 0.3) is 0 Å². The molecule has 1 aliphatic heterocycles. The molecule has 1 saturated heterocycles. The highest BCUT2D eigenvalue weighted by molar-refractivity contribution is 5.96. The van der Waals surface area contributed by atoms with Gasteiger partial charge in [-0.05, 0) is 68.7 Å². The van der Waals surface area contributed by atoms with E-state index < -0.39 is 0 Å². The molecule has 0 saturated carbocycles. The Hall–Kier alpha value is -3.60. The van der Waals surface area contributed by atoms with Crippen LogP contribution in [0.2, 0.25) is 0 Å². The zero-order valence-corrected chi connectivity index (χ0v) is 19.9. The van der Waals surface area contributed by atoms with E-state index in [1.165, 1.54) is 11.1 Å². The summed E-state index contributed by atoms with van der Waals surface area (Å²) in [5, 5.41) is 0. The molecule has 1 aliphatic rings. The minimum absolute atomic E-state index is 0.0877. The Morgan fingerprint density at radius 2 is 1.76 bits per heavy atom. The smallest absolute Gasteiger partial charge is 0.227 e. The summed E-state index contributed by atoms with van der Waals surface area (Å²) in [6.07, 6.45) is 2.44. The van der Waals surface area contributed by atoms with E-state index in [0.29, 0.717) is 19.6 Å². The number of rotatable bonds is 8. The highest BCUT2D eigenvalue weighted by Crippen LogP contribution is 2.33. The average molecular weight is 454 g/mol. The van der Waals surface area contributed by atoms with E-state index in [-0.39, 0.29) is 11.8 Å². The van der Waals surface area contributed by atoms with Gasteiger partial charge in [-0.1, -0.05) is 42.0 Å². The minimum atomic E-state index is 0.0877. The second-order valence-corrected chi connectivity index (χ2v) is 9.22. The molecular weight excluding hydrogens is 422 g/mol. The van der Waals surface area contributed by atoms with Crippen LogP contribution in [0.4, 0.5) is 5.69 Å². The zero-order valence-electron chi connectivity index (χ0n) is 19.9.